The molecule has 5 nitrogen and oxygen atoms in total. The van der Waals surface area contributed by atoms with Gasteiger partial charge in [-0.2, -0.15) is 0 Å². The Kier molecular flexibility index (Phi) is 4.88. The van der Waals surface area contributed by atoms with Gasteiger partial charge in [-0.05, 0) is 62.7 Å². The van der Waals surface area contributed by atoms with Crippen LogP contribution in [0.5, 0.6) is 0 Å². The van der Waals surface area contributed by atoms with Gasteiger partial charge in [0, 0.05) is 9.70 Å². The van der Waals surface area contributed by atoms with E-state index in [9.17, 15) is 9.59 Å². The zero-order valence-electron chi connectivity index (χ0n) is 15.0. The van der Waals surface area contributed by atoms with Crippen LogP contribution >= 0.6 is 27.3 Å². The summed E-state index contributed by atoms with van der Waals surface area (Å²) in [5, 5.41) is 2.05. The predicted molar refractivity (Wildman–Crippen MR) is 101 cm³/mol. The molecule has 142 valence electrons. The predicted octanol–water partition coefficient (Wildman–Crippen LogP) is 4.49. The maximum atomic E-state index is 12.5. The van der Waals surface area contributed by atoms with Crippen LogP contribution in [0.4, 0.5) is 0 Å². The molecule has 0 saturated heterocycles. The molecule has 26 heavy (non-hydrogen) atoms. The third-order valence-corrected chi connectivity index (χ3v) is 7.81. The Hall–Kier alpha value is -0.950. The molecule has 0 amide bonds. The minimum absolute atomic E-state index is 0.114. The molecule has 1 aromatic rings. The lowest BCUT2D eigenvalue weighted by atomic mass is 9.49. The first-order valence-electron chi connectivity index (χ1n) is 9.35. The summed E-state index contributed by atoms with van der Waals surface area (Å²) in [5.74, 6) is 0.947. The molecule has 2 atom stereocenters. The molecule has 4 saturated carbocycles. The van der Waals surface area contributed by atoms with Crippen molar-refractivity contribution in [3.8, 4) is 0 Å². The highest BCUT2D eigenvalue weighted by molar-refractivity contribution is 9.10. The van der Waals surface area contributed by atoms with Crippen LogP contribution in [-0.4, -0.2) is 27.9 Å². The smallest absolute Gasteiger partial charge is 0.367 e. The minimum Gasteiger partial charge on any atom is -0.461 e. The first kappa shape index (κ1) is 18.4. The van der Waals surface area contributed by atoms with Gasteiger partial charge in [0.1, 0.15) is 6.61 Å². The third-order valence-electron chi connectivity index (χ3n) is 6.01. The van der Waals surface area contributed by atoms with E-state index in [1.165, 1.54) is 30.6 Å². The maximum absolute atomic E-state index is 12.5. The number of thiazole rings is 1. The van der Waals surface area contributed by atoms with Gasteiger partial charge in [0.2, 0.25) is 5.01 Å². The van der Waals surface area contributed by atoms with Crippen molar-refractivity contribution in [2.24, 2.45) is 17.3 Å². The quantitative estimate of drug-likeness (QED) is 0.480. The van der Waals surface area contributed by atoms with Crippen LogP contribution in [0.2, 0.25) is 0 Å². The highest BCUT2D eigenvalue weighted by Gasteiger charge is 2.57. The molecule has 7 heteroatoms. The van der Waals surface area contributed by atoms with Crippen molar-refractivity contribution in [3.63, 3.8) is 0 Å². The standard InChI is InChI=1S/C19H24BrNO4S/c1-2-24-17(23)16-21-14(10-26-16)9-25-15(22)8-18-4-12-3-13(5-18)7-19(20,6-12)11-18/h10,12-13H,2-9,11H2,1H3/t12-,13-,18?,19?/m1/s1. The van der Waals surface area contributed by atoms with Crippen LogP contribution < -0.4 is 0 Å². The van der Waals surface area contributed by atoms with Crippen LogP contribution in [-0.2, 0) is 20.9 Å². The number of alkyl halides is 1. The molecule has 0 spiro atoms. The molecular formula is C19H24BrNO4S. The molecule has 1 aromatic heterocycles. The number of halogens is 1. The summed E-state index contributed by atoms with van der Waals surface area (Å²) >= 11 is 5.20. The second-order valence-electron chi connectivity index (χ2n) is 8.31. The Morgan fingerprint density at radius 1 is 1.27 bits per heavy atom. The van der Waals surface area contributed by atoms with Crippen molar-refractivity contribution >= 4 is 39.2 Å². The molecule has 4 bridgehead atoms. The lowest BCUT2D eigenvalue weighted by Gasteiger charge is -2.60. The van der Waals surface area contributed by atoms with E-state index in [4.69, 9.17) is 9.47 Å². The Bertz CT molecular complexity index is 704. The molecule has 0 N–H and O–H groups in total. The van der Waals surface area contributed by atoms with Gasteiger partial charge in [0.15, 0.2) is 0 Å². The fourth-order valence-corrected chi connectivity index (χ4v) is 7.92. The molecule has 4 fully saturated rings. The lowest BCUT2D eigenvalue weighted by molar-refractivity contribution is -0.152. The van der Waals surface area contributed by atoms with Crippen molar-refractivity contribution in [1.82, 2.24) is 4.98 Å². The van der Waals surface area contributed by atoms with Crippen molar-refractivity contribution in [1.29, 1.82) is 0 Å². The Morgan fingerprint density at radius 2 is 2.00 bits per heavy atom. The molecule has 4 aliphatic rings. The fraction of sp³-hybridized carbons (Fsp3) is 0.737. The molecule has 0 radical (unpaired) electrons. The maximum Gasteiger partial charge on any atom is 0.367 e. The van der Waals surface area contributed by atoms with E-state index in [-0.39, 0.29) is 22.3 Å². The molecule has 0 unspecified atom stereocenters. The summed E-state index contributed by atoms with van der Waals surface area (Å²) in [6.45, 7) is 2.20. The van der Waals surface area contributed by atoms with Crippen LogP contribution in [0.1, 0.15) is 67.4 Å². The number of hydrogen-bond donors (Lipinski definition) is 0. The van der Waals surface area contributed by atoms with Crippen LogP contribution in [0.15, 0.2) is 5.38 Å². The van der Waals surface area contributed by atoms with Crippen molar-refractivity contribution in [2.45, 2.75) is 62.8 Å². The van der Waals surface area contributed by atoms with E-state index in [2.05, 4.69) is 20.9 Å². The SMILES string of the molecule is CCOC(=O)c1nc(COC(=O)CC23C[C@H]4C[C@@H](CC(Br)(C4)C2)C3)cs1. The molecule has 5 rings (SSSR count). The van der Waals surface area contributed by atoms with Crippen LogP contribution in [0.25, 0.3) is 0 Å². The highest BCUT2D eigenvalue weighted by Crippen LogP contribution is 2.65. The highest BCUT2D eigenvalue weighted by atomic mass is 79.9. The van der Waals surface area contributed by atoms with Gasteiger partial charge in [-0.3, -0.25) is 4.79 Å². The molecule has 4 aliphatic carbocycles. The fourth-order valence-electron chi connectivity index (χ4n) is 5.71. The summed E-state index contributed by atoms with van der Waals surface area (Å²) in [4.78, 5) is 28.3. The molecule has 0 aliphatic heterocycles. The molecule has 1 heterocycles. The summed E-state index contributed by atoms with van der Waals surface area (Å²) in [6.07, 6.45) is 7.77. The lowest BCUT2D eigenvalue weighted by Crippen LogP contribution is -2.53. The Balaban J connectivity index is 1.33. The van der Waals surface area contributed by atoms with Gasteiger partial charge in [-0.15, -0.1) is 11.3 Å². The summed E-state index contributed by atoms with van der Waals surface area (Å²) in [7, 11) is 0. The Morgan fingerprint density at radius 3 is 2.65 bits per heavy atom. The second kappa shape index (κ2) is 6.89. The summed E-state index contributed by atoms with van der Waals surface area (Å²) in [5.41, 5.74) is 0.719. The van der Waals surface area contributed by atoms with Crippen molar-refractivity contribution in [3.05, 3.63) is 16.1 Å². The summed E-state index contributed by atoms with van der Waals surface area (Å²) < 4.78 is 10.7. The zero-order chi connectivity index (χ0) is 18.4. The van der Waals surface area contributed by atoms with Crippen LogP contribution in [0, 0.1) is 17.3 Å². The molecule has 0 aromatic carbocycles. The number of hydrogen-bond acceptors (Lipinski definition) is 6. The average Bonchev–Trinajstić information content (AvgIpc) is 2.99. The third kappa shape index (κ3) is 3.70. The number of carbonyl (C=O) groups is 2. The number of rotatable bonds is 6. The number of nitrogens with zero attached hydrogens (tertiary/aromatic N) is 1. The molecular weight excluding hydrogens is 418 g/mol. The monoisotopic (exact) mass is 441 g/mol. The van der Waals surface area contributed by atoms with Crippen LogP contribution in [0.3, 0.4) is 0 Å². The second-order valence-corrected chi connectivity index (χ2v) is 10.9. The first-order valence-corrected chi connectivity index (χ1v) is 11.0. The van der Waals surface area contributed by atoms with E-state index in [0.29, 0.717) is 23.7 Å². The van der Waals surface area contributed by atoms with Gasteiger partial charge >= 0.3 is 11.9 Å². The van der Waals surface area contributed by atoms with Crippen molar-refractivity contribution < 1.29 is 19.1 Å². The van der Waals surface area contributed by atoms with Gasteiger partial charge in [-0.25, -0.2) is 9.78 Å². The van der Waals surface area contributed by atoms with E-state index in [1.807, 2.05) is 0 Å². The number of esters is 2. The number of ether oxygens (including phenoxy) is 2. The van der Waals surface area contributed by atoms with E-state index < -0.39 is 5.97 Å². The zero-order valence-corrected chi connectivity index (χ0v) is 17.4. The van der Waals surface area contributed by atoms with E-state index in [0.717, 1.165) is 31.1 Å². The average molecular weight is 442 g/mol. The van der Waals surface area contributed by atoms with Gasteiger partial charge < -0.3 is 9.47 Å². The van der Waals surface area contributed by atoms with Gasteiger partial charge in [0.25, 0.3) is 0 Å². The minimum atomic E-state index is -0.425. The van der Waals surface area contributed by atoms with Gasteiger partial charge in [-0.1, -0.05) is 15.9 Å². The van der Waals surface area contributed by atoms with E-state index >= 15 is 0 Å². The normalized spacial score (nSPS) is 34.7. The number of carbonyl (C=O) groups excluding carboxylic acids is 2. The summed E-state index contributed by atoms with van der Waals surface area (Å²) in [6, 6.07) is 0. The Labute approximate surface area is 166 Å². The van der Waals surface area contributed by atoms with Crippen molar-refractivity contribution in [2.75, 3.05) is 6.61 Å². The topological polar surface area (TPSA) is 65.5 Å². The largest absolute Gasteiger partial charge is 0.461 e. The van der Waals surface area contributed by atoms with E-state index in [1.54, 1.807) is 12.3 Å². The number of aromatic nitrogens is 1. The van der Waals surface area contributed by atoms with Gasteiger partial charge in [0.05, 0.1) is 18.7 Å². The first-order chi connectivity index (χ1) is 12.4.